The summed E-state index contributed by atoms with van der Waals surface area (Å²) in [5.41, 5.74) is 0.998. The van der Waals surface area contributed by atoms with Crippen LogP contribution in [0.25, 0.3) is 0 Å². The van der Waals surface area contributed by atoms with Gasteiger partial charge in [-0.3, -0.25) is 4.79 Å². The second-order valence-corrected chi connectivity index (χ2v) is 9.06. The number of halogens is 1. The predicted molar refractivity (Wildman–Crippen MR) is 108 cm³/mol. The van der Waals surface area contributed by atoms with Gasteiger partial charge in [0, 0.05) is 12.6 Å². The second-order valence-electron chi connectivity index (χ2n) is 6.71. The van der Waals surface area contributed by atoms with Crippen molar-refractivity contribution in [1.29, 1.82) is 0 Å². The number of carbonyl (C=O) groups is 1. The predicted octanol–water partition coefficient (Wildman–Crippen LogP) is 2.86. The number of nitrogens with zero attached hydrogens (tertiary/aromatic N) is 1. The fraction of sp³-hybridized carbons (Fsp3) is 0.350. The molecule has 0 saturated heterocycles. The maximum atomic E-state index is 13.2. The molecule has 0 bridgehead atoms. The summed E-state index contributed by atoms with van der Waals surface area (Å²) in [4.78, 5) is 12.3. The van der Waals surface area contributed by atoms with Gasteiger partial charge >= 0.3 is 0 Å². The van der Waals surface area contributed by atoms with E-state index >= 15 is 0 Å². The Morgan fingerprint density at radius 3 is 2.54 bits per heavy atom. The third kappa shape index (κ3) is 5.25. The molecule has 0 unspecified atom stereocenters. The van der Waals surface area contributed by atoms with Crippen molar-refractivity contribution in [3.63, 3.8) is 0 Å². The first-order valence-electron chi connectivity index (χ1n) is 9.07. The van der Waals surface area contributed by atoms with Crippen LogP contribution < -0.4 is 10.1 Å². The molecular formula is C20H23ClN2O4S. The summed E-state index contributed by atoms with van der Waals surface area (Å²) in [6.45, 7) is -0.0383. The number of benzene rings is 2. The van der Waals surface area contributed by atoms with Crippen LogP contribution in [0.4, 0.5) is 0 Å². The zero-order valence-electron chi connectivity index (χ0n) is 15.6. The Bertz CT molecular complexity index is 930. The van der Waals surface area contributed by atoms with Gasteiger partial charge in [0.05, 0.1) is 23.6 Å². The highest BCUT2D eigenvalue weighted by atomic mass is 35.5. The molecule has 1 aliphatic carbocycles. The van der Waals surface area contributed by atoms with E-state index in [0.29, 0.717) is 12.2 Å². The quantitative estimate of drug-likeness (QED) is 0.674. The van der Waals surface area contributed by atoms with Crippen molar-refractivity contribution in [3.8, 4) is 5.75 Å². The van der Waals surface area contributed by atoms with Crippen LogP contribution in [0, 0.1) is 0 Å². The molecule has 0 spiro atoms. The zero-order valence-corrected chi connectivity index (χ0v) is 17.2. The Labute approximate surface area is 170 Å². The first kappa shape index (κ1) is 20.6. The lowest BCUT2D eigenvalue weighted by Gasteiger charge is -2.22. The molecule has 1 saturated carbocycles. The number of hydrogen-bond donors (Lipinski definition) is 1. The maximum absolute atomic E-state index is 13.2. The van der Waals surface area contributed by atoms with Crippen LogP contribution in [0.2, 0.25) is 5.02 Å². The Hall–Kier alpha value is -2.09. The molecule has 3 rings (SSSR count). The minimum Gasteiger partial charge on any atom is -0.495 e. The lowest BCUT2D eigenvalue weighted by molar-refractivity contribution is -0.121. The average Bonchev–Trinajstić information content (AvgIpc) is 3.49. The van der Waals surface area contributed by atoms with E-state index in [0.717, 1.165) is 18.4 Å². The van der Waals surface area contributed by atoms with Gasteiger partial charge in [0.1, 0.15) is 5.75 Å². The Balaban J connectivity index is 1.82. The topological polar surface area (TPSA) is 75.7 Å². The van der Waals surface area contributed by atoms with Crippen molar-refractivity contribution in [2.45, 2.75) is 30.2 Å². The zero-order chi connectivity index (χ0) is 20.1. The lowest BCUT2D eigenvalue weighted by atomic mass is 10.1. The van der Waals surface area contributed by atoms with E-state index < -0.39 is 10.0 Å². The Kier molecular flexibility index (Phi) is 6.59. The number of rotatable bonds is 9. The van der Waals surface area contributed by atoms with Gasteiger partial charge in [-0.1, -0.05) is 41.9 Å². The van der Waals surface area contributed by atoms with Crippen molar-refractivity contribution in [1.82, 2.24) is 9.62 Å². The van der Waals surface area contributed by atoms with E-state index in [4.69, 9.17) is 16.3 Å². The molecule has 0 aromatic heterocycles. The molecule has 0 aliphatic heterocycles. The first-order valence-corrected chi connectivity index (χ1v) is 10.9. The lowest BCUT2D eigenvalue weighted by Crippen LogP contribution is -2.42. The molecule has 150 valence electrons. The molecule has 0 radical (unpaired) electrons. The van der Waals surface area contributed by atoms with E-state index in [1.807, 2.05) is 30.3 Å². The smallest absolute Gasteiger partial charge is 0.243 e. The van der Waals surface area contributed by atoms with Gasteiger partial charge in [-0.15, -0.1) is 0 Å². The van der Waals surface area contributed by atoms with Gasteiger partial charge in [0.15, 0.2) is 0 Å². The molecular weight excluding hydrogens is 400 g/mol. The molecule has 8 heteroatoms. The third-order valence-corrected chi connectivity index (χ3v) is 6.65. The highest BCUT2D eigenvalue weighted by Gasteiger charge is 2.29. The van der Waals surface area contributed by atoms with Crippen LogP contribution in [0.1, 0.15) is 18.4 Å². The van der Waals surface area contributed by atoms with Gasteiger partial charge in [-0.25, -0.2) is 8.42 Å². The number of nitrogens with one attached hydrogen (secondary N) is 1. The summed E-state index contributed by atoms with van der Waals surface area (Å²) in [6, 6.07) is 14.0. The van der Waals surface area contributed by atoms with Crippen LogP contribution in [0.15, 0.2) is 53.4 Å². The molecule has 1 aliphatic rings. The Morgan fingerprint density at radius 2 is 1.93 bits per heavy atom. The molecule has 2 aromatic carbocycles. The van der Waals surface area contributed by atoms with Crippen molar-refractivity contribution in [2.24, 2.45) is 0 Å². The number of carbonyl (C=O) groups excluding carboxylic acids is 1. The SMILES string of the molecule is COc1ccc(S(=O)(=O)N(CCc2ccccc2)CC(=O)NC2CC2)cc1Cl. The number of amides is 1. The van der Waals surface area contributed by atoms with Crippen LogP contribution in [0.3, 0.4) is 0 Å². The highest BCUT2D eigenvalue weighted by molar-refractivity contribution is 7.89. The summed E-state index contributed by atoms with van der Waals surface area (Å²) in [5.74, 6) is 0.0988. The molecule has 2 aromatic rings. The van der Waals surface area contributed by atoms with Crippen LogP contribution in [-0.4, -0.2) is 44.9 Å². The van der Waals surface area contributed by atoms with Crippen LogP contribution in [-0.2, 0) is 21.2 Å². The van der Waals surface area contributed by atoms with Gasteiger partial charge in [0.25, 0.3) is 0 Å². The normalized spacial score (nSPS) is 14.1. The largest absolute Gasteiger partial charge is 0.495 e. The average molecular weight is 423 g/mol. The Morgan fingerprint density at radius 1 is 1.21 bits per heavy atom. The fourth-order valence-corrected chi connectivity index (χ4v) is 4.55. The molecule has 1 amide bonds. The number of ether oxygens (including phenoxy) is 1. The van der Waals surface area contributed by atoms with E-state index in [9.17, 15) is 13.2 Å². The van der Waals surface area contributed by atoms with Gasteiger partial charge in [-0.05, 0) is 43.0 Å². The van der Waals surface area contributed by atoms with Crippen molar-refractivity contribution in [2.75, 3.05) is 20.2 Å². The van der Waals surface area contributed by atoms with Gasteiger partial charge in [0.2, 0.25) is 15.9 Å². The highest BCUT2D eigenvalue weighted by Crippen LogP contribution is 2.28. The van der Waals surface area contributed by atoms with E-state index in [1.165, 1.54) is 29.6 Å². The minimum absolute atomic E-state index is 0.0329. The molecule has 1 fully saturated rings. The number of sulfonamides is 1. The van der Waals surface area contributed by atoms with Crippen LogP contribution >= 0.6 is 11.6 Å². The van der Waals surface area contributed by atoms with Crippen LogP contribution in [0.5, 0.6) is 5.75 Å². The summed E-state index contributed by atoms with van der Waals surface area (Å²) < 4.78 is 32.7. The van der Waals surface area contributed by atoms with Crippen molar-refractivity contribution in [3.05, 3.63) is 59.1 Å². The summed E-state index contributed by atoms with van der Waals surface area (Å²) in [7, 11) is -2.43. The second kappa shape index (κ2) is 8.94. The van der Waals surface area contributed by atoms with Crippen molar-refractivity contribution < 1.29 is 17.9 Å². The first-order chi connectivity index (χ1) is 13.4. The van der Waals surface area contributed by atoms with Crippen molar-refractivity contribution >= 4 is 27.5 Å². The third-order valence-electron chi connectivity index (χ3n) is 4.52. The number of hydrogen-bond acceptors (Lipinski definition) is 4. The van der Waals surface area contributed by atoms with Gasteiger partial charge < -0.3 is 10.1 Å². The molecule has 0 atom stereocenters. The number of methoxy groups -OCH3 is 1. The molecule has 28 heavy (non-hydrogen) atoms. The standard InChI is InChI=1S/C20H23ClN2O4S/c1-27-19-10-9-17(13-18(19)21)28(25,26)23(14-20(24)22-16-7-8-16)12-11-15-5-3-2-4-6-15/h2-6,9-10,13,16H,7-8,11-12,14H2,1H3,(H,22,24). The minimum atomic E-state index is -3.90. The van der Waals surface area contributed by atoms with E-state index in [1.54, 1.807) is 0 Å². The summed E-state index contributed by atoms with van der Waals surface area (Å²) in [6.07, 6.45) is 2.38. The van der Waals surface area contributed by atoms with E-state index in [-0.39, 0.29) is 35.0 Å². The fourth-order valence-electron chi connectivity index (χ4n) is 2.80. The van der Waals surface area contributed by atoms with Gasteiger partial charge in [-0.2, -0.15) is 4.31 Å². The van der Waals surface area contributed by atoms with E-state index in [2.05, 4.69) is 5.32 Å². The monoisotopic (exact) mass is 422 g/mol. The molecule has 1 N–H and O–H groups in total. The summed E-state index contributed by atoms with van der Waals surface area (Å²) >= 11 is 6.11. The molecule has 0 heterocycles. The molecule has 6 nitrogen and oxygen atoms in total. The maximum Gasteiger partial charge on any atom is 0.243 e. The summed E-state index contributed by atoms with van der Waals surface area (Å²) in [5, 5.41) is 3.05.